The van der Waals surface area contributed by atoms with Crippen LogP contribution in [0.1, 0.15) is 11.3 Å². The minimum absolute atomic E-state index is 0.238. The van der Waals surface area contributed by atoms with E-state index in [2.05, 4.69) is 5.32 Å². The van der Waals surface area contributed by atoms with E-state index in [1.165, 1.54) is 20.3 Å². The van der Waals surface area contributed by atoms with Crippen molar-refractivity contribution < 1.29 is 23.4 Å². The third-order valence-corrected chi connectivity index (χ3v) is 3.17. The van der Waals surface area contributed by atoms with Crippen LogP contribution in [0.4, 0.5) is 0 Å². The van der Waals surface area contributed by atoms with Crippen LogP contribution in [0.3, 0.4) is 0 Å². The highest BCUT2D eigenvalue weighted by Gasteiger charge is 2.14. The second-order valence-electron chi connectivity index (χ2n) is 4.55. The Morgan fingerprint density at radius 3 is 2.52 bits per heavy atom. The number of rotatable bonds is 7. The van der Waals surface area contributed by atoms with Gasteiger partial charge in [-0.05, 0) is 30.3 Å². The Morgan fingerprint density at radius 1 is 1.13 bits per heavy atom. The third-order valence-electron chi connectivity index (χ3n) is 3.17. The zero-order valence-electron chi connectivity index (χ0n) is 13.3. The molecular formula is C17H19NO5. The molecule has 0 saturated heterocycles. The summed E-state index contributed by atoms with van der Waals surface area (Å²) in [6, 6.07) is 7.10. The van der Waals surface area contributed by atoms with Crippen molar-refractivity contribution in [2.24, 2.45) is 0 Å². The van der Waals surface area contributed by atoms with E-state index in [1.807, 2.05) is 0 Å². The fourth-order valence-corrected chi connectivity index (χ4v) is 2.07. The van der Waals surface area contributed by atoms with Crippen LogP contribution in [0.2, 0.25) is 0 Å². The van der Waals surface area contributed by atoms with E-state index in [9.17, 15) is 4.79 Å². The predicted octanol–water partition coefficient (Wildman–Crippen LogP) is 2.64. The molecule has 0 aliphatic rings. The molecule has 6 nitrogen and oxygen atoms in total. The van der Waals surface area contributed by atoms with Crippen molar-refractivity contribution in [2.45, 2.75) is 6.54 Å². The van der Waals surface area contributed by atoms with Crippen molar-refractivity contribution in [2.75, 3.05) is 21.3 Å². The van der Waals surface area contributed by atoms with Crippen molar-refractivity contribution >= 4 is 12.0 Å². The fourth-order valence-electron chi connectivity index (χ4n) is 2.07. The second kappa shape index (κ2) is 7.93. The number of amides is 1. The van der Waals surface area contributed by atoms with E-state index in [4.69, 9.17) is 18.6 Å². The van der Waals surface area contributed by atoms with Crippen LogP contribution in [-0.2, 0) is 11.3 Å². The number of ether oxygens (including phenoxy) is 3. The molecule has 1 heterocycles. The molecule has 0 radical (unpaired) electrons. The molecule has 2 aromatic rings. The average Bonchev–Trinajstić information content (AvgIpc) is 3.10. The van der Waals surface area contributed by atoms with Gasteiger partial charge in [0.2, 0.25) is 11.7 Å². The molecule has 0 aliphatic heterocycles. The van der Waals surface area contributed by atoms with Gasteiger partial charge >= 0.3 is 0 Å². The predicted molar refractivity (Wildman–Crippen MR) is 85.7 cm³/mol. The molecule has 122 valence electrons. The van der Waals surface area contributed by atoms with Gasteiger partial charge in [0.15, 0.2) is 11.5 Å². The molecule has 0 aliphatic carbocycles. The lowest BCUT2D eigenvalue weighted by atomic mass is 10.1. The van der Waals surface area contributed by atoms with E-state index in [0.29, 0.717) is 35.1 Å². The summed E-state index contributed by atoms with van der Waals surface area (Å²) in [7, 11) is 4.62. The average molecular weight is 317 g/mol. The number of hydrogen-bond donors (Lipinski definition) is 1. The van der Waals surface area contributed by atoms with Crippen LogP contribution in [0.25, 0.3) is 6.08 Å². The Balaban J connectivity index is 2.10. The molecule has 0 atom stereocenters. The fraction of sp³-hybridized carbons (Fsp3) is 0.235. The Hall–Kier alpha value is -2.89. The van der Waals surface area contributed by atoms with Crippen LogP contribution < -0.4 is 19.5 Å². The molecule has 0 spiro atoms. The molecule has 1 amide bonds. The van der Waals surface area contributed by atoms with E-state index in [0.717, 1.165) is 0 Å². The van der Waals surface area contributed by atoms with Gasteiger partial charge in [0.05, 0.1) is 34.1 Å². The lowest BCUT2D eigenvalue weighted by molar-refractivity contribution is -0.116. The molecule has 6 heteroatoms. The lowest BCUT2D eigenvalue weighted by Crippen LogP contribution is -2.19. The minimum atomic E-state index is -0.238. The number of benzene rings is 1. The SMILES string of the molecule is COc1ccc(/C=C/C(=O)NCc2ccco2)c(OC)c1OC. The summed E-state index contributed by atoms with van der Waals surface area (Å²) < 4.78 is 21.0. The van der Waals surface area contributed by atoms with E-state index < -0.39 is 0 Å². The molecule has 0 bridgehead atoms. The Bertz CT molecular complexity index is 677. The number of nitrogens with one attached hydrogen (secondary N) is 1. The summed E-state index contributed by atoms with van der Waals surface area (Å²) in [5.74, 6) is 1.99. The Labute approximate surface area is 134 Å². The van der Waals surface area contributed by atoms with Crippen LogP contribution >= 0.6 is 0 Å². The van der Waals surface area contributed by atoms with Gasteiger partial charge < -0.3 is 23.9 Å². The van der Waals surface area contributed by atoms with Crippen LogP contribution in [0.15, 0.2) is 41.0 Å². The molecule has 0 saturated carbocycles. The first-order valence-corrected chi connectivity index (χ1v) is 6.96. The molecule has 1 N–H and O–H groups in total. The molecule has 2 rings (SSSR count). The maximum absolute atomic E-state index is 11.9. The van der Waals surface area contributed by atoms with Gasteiger partial charge in [-0.25, -0.2) is 0 Å². The van der Waals surface area contributed by atoms with Crippen molar-refractivity contribution in [1.29, 1.82) is 0 Å². The van der Waals surface area contributed by atoms with Gasteiger partial charge in [-0.15, -0.1) is 0 Å². The van der Waals surface area contributed by atoms with Crippen LogP contribution in [0, 0.1) is 0 Å². The van der Waals surface area contributed by atoms with Crippen molar-refractivity contribution in [3.05, 3.63) is 47.9 Å². The van der Waals surface area contributed by atoms with E-state index in [1.54, 1.807) is 43.7 Å². The van der Waals surface area contributed by atoms with Gasteiger partial charge in [-0.2, -0.15) is 0 Å². The number of hydrogen-bond acceptors (Lipinski definition) is 5. The summed E-state index contributed by atoms with van der Waals surface area (Å²) in [5.41, 5.74) is 0.707. The zero-order chi connectivity index (χ0) is 16.7. The highest BCUT2D eigenvalue weighted by molar-refractivity contribution is 5.92. The Morgan fingerprint density at radius 2 is 1.91 bits per heavy atom. The molecule has 1 aromatic heterocycles. The first-order valence-electron chi connectivity index (χ1n) is 6.96. The first kappa shape index (κ1) is 16.5. The molecule has 0 fully saturated rings. The summed E-state index contributed by atoms with van der Waals surface area (Å²) >= 11 is 0. The maximum Gasteiger partial charge on any atom is 0.244 e. The number of carbonyl (C=O) groups excluding carboxylic acids is 1. The summed E-state index contributed by atoms with van der Waals surface area (Å²) in [5, 5.41) is 2.73. The van der Waals surface area contributed by atoms with Gasteiger partial charge in [-0.1, -0.05) is 0 Å². The van der Waals surface area contributed by atoms with E-state index in [-0.39, 0.29) is 5.91 Å². The summed E-state index contributed by atoms with van der Waals surface area (Å²) in [6.45, 7) is 0.333. The van der Waals surface area contributed by atoms with Gasteiger partial charge in [0, 0.05) is 11.6 Å². The number of carbonyl (C=O) groups is 1. The van der Waals surface area contributed by atoms with Crippen molar-refractivity contribution in [3.8, 4) is 17.2 Å². The minimum Gasteiger partial charge on any atom is -0.493 e. The smallest absolute Gasteiger partial charge is 0.244 e. The second-order valence-corrected chi connectivity index (χ2v) is 4.55. The van der Waals surface area contributed by atoms with Gasteiger partial charge in [-0.3, -0.25) is 4.79 Å². The molecule has 1 aromatic carbocycles. The summed E-state index contributed by atoms with van der Waals surface area (Å²) in [6.07, 6.45) is 4.64. The number of methoxy groups -OCH3 is 3. The largest absolute Gasteiger partial charge is 0.493 e. The van der Waals surface area contributed by atoms with Gasteiger partial charge in [0.25, 0.3) is 0 Å². The monoisotopic (exact) mass is 317 g/mol. The lowest BCUT2D eigenvalue weighted by Gasteiger charge is -2.13. The van der Waals surface area contributed by atoms with Gasteiger partial charge in [0.1, 0.15) is 5.76 Å². The molecule has 0 unspecified atom stereocenters. The summed E-state index contributed by atoms with van der Waals surface area (Å²) in [4.78, 5) is 11.9. The normalized spacial score (nSPS) is 10.6. The van der Waals surface area contributed by atoms with Crippen LogP contribution in [-0.4, -0.2) is 27.2 Å². The standard InChI is InChI=1S/C17H19NO5/c1-20-14-8-6-12(16(21-2)17(14)22-3)7-9-15(19)18-11-13-5-4-10-23-13/h4-10H,11H2,1-3H3,(H,18,19)/b9-7+. The highest BCUT2D eigenvalue weighted by atomic mass is 16.5. The van der Waals surface area contributed by atoms with Crippen LogP contribution in [0.5, 0.6) is 17.2 Å². The first-order chi connectivity index (χ1) is 11.2. The molecular weight excluding hydrogens is 298 g/mol. The van der Waals surface area contributed by atoms with Crippen molar-refractivity contribution in [3.63, 3.8) is 0 Å². The zero-order valence-corrected chi connectivity index (χ0v) is 13.3. The highest BCUT2D eigenvalue weighted by Crippen LogP contribution is 2.40. The third kappa shape index (κ3) is 4.06. The number of furan rings is 1. The maximum atomic E-state index is 11.9. The quantitative estimate of drug-likeness (QED) is 0.795. The van der Waals surface area contributed by atoms with E-state index >= 15 is 0 Å². The topological polar surface area (TPSA) is 69.9 Å². The van der Waals surface area contributed by atoms with Crippen molar-refractivity contribution in [1.82, 2.24) is 5.32 Å². The Kier molecular flexibility index (Phi) is 5.68. The molecule has 23 heavy (non-hydrogen) atoms.